The second-order valence-corrected chi connectivity index (χ2v) is 4.62. The van der Waals surface area contributed by atoms with E-state index in [-0.39, 0.29) is 0 Å². The van der Waals surface area contributed by atoms with Crippen molar-refractivity contribution in [1.29, 1.82) is 0 Å². The monoisotopic (exact) mass is 206 g/mol. The smallest absolute Gasteiger partial charge is 0.166 e. The Kier molecular flexibility index (Phi) is 2.64. The standard InChI is InChI=1S/C12H14OS/c1-8-10(12(13)9-6-7-9)4-3-5-11(8)14-2/h3-5,9H,6-7H2,1-2H3. The fourth-order valence-corrected chi connectivity index (χ4v) is 2.30. The lowest BCUT2D eigenvalue weighted by molar-refractivity contribution is 0.0967. The largest absolute Gasteiger partial charge is 0.294 e. The molecule has 0 atom stereocenters. The summed E-state index contributed by atoms with van der Waals surface area (Å²) in [6.07, 6.45) is 4.22. The highest BCUT2D eigenvalue weighted by molar-refractivity contribution is 7.98. The predicted molar refractivity (Wildman–Crippen MR) is 60.0 cm³/mol. The van der Waals surface area contributed by atoms with Gasteiger partial charge in [0.05, 0.1) is 0 Å². The van der Waals surface area contributed by atoms with Crippen molar-refractivity contribution >= 4 is 17.5 Å². The van der Waals surface area contributed by atoms with Crippen LogP contribution in [0.2, 0.25) is 0 Å². The minimum absolute atomic E-state index is 0.325. The number of rotatable bonds is 3. The number of Topliss-reactive ketones (excluding diaryl/α,β-unsaturated/α-hetero) is 1. The number of benzene rings is 1. The van der Waals surface area contributed by atoms with E-state index in [1.54, 1.807) is 11.8 Å². The van der Waals surface area contributed by atoms with Gasteiger partial charge in [0.1, 0.15) is 0 Å². The van der Waals surface area contributed by atoms with Crippen LogP contribution in [-0.4, -0.2) is 12.0 Å². The van der Waals surface area contributed by atoms with E-state index in [0.717, 1.165) is 24.0 Å². The maximum atomic E-state index is 11.9. The van der Waals surface area contributed by atoms with Crippen LogP contribution >= 0.6 is 11.8 Å². The molecule has 0 unspecified atom stereocenters. The van der Waals surface area contributed by atoms with Crippen LogP contribution in [0.5, 0.6) is 0 Å². The highest BCUT2D eigenvalue weighted by Crippen LogP contribution is 2.34. The molecule has 1 nitrogen and oxygen atoms in total. The van der Waals surface area contributed by atoms with Gasteiger partial charge in [0.25, 0.3) is 0 Å². The van der Waals surface area contributed by atoms with Gasteiger partial charge in [-0.1, -0.05) is 12.1 Å². The van der Waals surface area contributed by atoms with Gasteiger partial charge in [-0.2, -0.15) is 0 Å². The SMILES string of the molecule is CSc1cccc(C(=O)C2CC2)c1C. The van der Waals surface area contributed by atoms with Crippen LogP contribution in [0.15, 0.2) is 23.1 Å². The van der Waals surface area contributed by atoms with Crippen molar-refractivity contribution in [2.24, 2.45) is 5.92 Å². The summed E-state index contributed by atoms with van der Waals surface area (Å²) in [7, 11) is 0. The molecule has 2 rings (SSSR count). The summed E-state index contributed by atoms with van der Waals surface area (Å²) in [5, 5.41) is 0. The fraction of sp³-hybridized carbons (Fsp3) is 0.417. The Labute approximate surface area is 88.9 Å². The van der Waals surface area contributed by atoms with Crippen molar-refractivity contribution in [3.63, 3.8) is 0 Å². The number of hydrogen-bond donors (Lipinski definition) is 0. The summed E-state index contributed by atoms with van der Waals surface area (Å²) >= 11 is 1.71. The predicted octanol–water partition coefficient (Wildman–Crippen LogP) is 3.31. The molecule has 1 aromatic carbocycles. The van der Waals surface area contributed by atoms with E-state index in [2.05, 4.69) is 6.07 Å². The molecule has 0 aliphatic heterocycles. The van der Waals surface area contributed by atoms with Crippen molar-refractivity contribution in [3.8, 4) is 0 Å². The first-order valence-electron chi connectivity index (χ1n) is 4.92. The van der Waals surface area contributed by atoms with Gasteiger partial charge in [0.2, 0.25) is 0 Å². The summed E-state index contributed by atoms with van der Waals surface area (Å²) in [4.78, 5) is 13.1. The van der Waals surface area contributed by atoms with Crippen molar-refractivity contribution in [2.45, 2.75) is 24.7 Å². The molecular formula is C12H14OS. The lowest BCUT2D eigenvalue weighted by atomic mass is 10.0. The second kappa shape index (κ2) is 3.77. The van der Waals surface area contributed by atoms with Gasteiger partial charge in [0.15, 0.2) is 5.78 Å². The maximum Gasteiger partial charge on any atom is 0.166 e. The molecule has 0 aromatic heterocycles. The molecule has 1 fully saturated rings. The molecule has 1 saturated carbocycles. The average molecular weight is 206 g/mol. The van der Waals surface area contributed by atoms with Gasteiger partial charge >= 0.3 is 0 Å². The summed E-state index contributed by atoms with van der Waals surface area (Å²) in [5.74, 6) is 0.671. The van der Waals surface area contributed by atoms with Crippen LogP contribution < -0.4 is 0 Å². The van der Waals surface area contributed by atoms with Crippen LogP contribution in [0.4, 0.5) is 0 Å². The van der Waals surface area contributed by atoms with E-state index in [1.165, 1.54) is 4.90 Å². The minimum Gasteiger partial charge on any atom is -0.294 e. The fourth-order valence-electron chi connectivity index (χ4n) is 1.67. The van der Waals surface area contributed by atoms with Crippen molar-refractivity contribution < 1.29 is 4.79 Å². The Morgan fingerprint density at radius 2 is 2.14 bits per heavy atom. The lowest BCUT2D eigenvalue weighted by Gasteiger charge is -2.07. The third-order valence-electron chi connectivity index (χ3n) is 2.72. The van der Waals surface area contributed by atoms with Gasteiger partial charge in [-0.15, -0.1) is 11.8 Å². The zero-order valence-electron chi connectivity index (χ0n) is 8.54. The molecule has 1 aromatic rings. The molecule has 14 heavy (non-hydrogen) atoms. The van der Waals surface area contributed by atoms with Gasteiger partial charge < -0.3 is 0 Å². The first kappa shape index (κ1) is 9.78. The molecule has 0 amide bonds. The van der Waals surface area contributed by atoms with E-state index in [9.17, 15) is 4.79 Å². The van der Waals surface area contributed by atoms with E-state index in [4.69, 9.17) is 0 Å². The van der Waals surface area contributed by atoms with Crippen molar-refractivity contribution in [3.05, 3.63) is 29.3 Å². The molecule has 0 saturated heterocycles. The minimum atomic E-state index is 0.325. The summed E-state index contributed by atoms with van der Waals surface area (Å²) < 4.78 is 0. The Morgan fingerprint density at radius 3 is 2.71 bits per heavy atom. The van der Waals surface area contributed by atoms with Gasteiger partial charge in [-0.05, 0) is 37.7 Å². The summed E-state index contributed by atoms with van der Waals surface area (Å²) in [5.41, 5.74) is 2.08. The van der Waals surface area contributed by atoms with Crippen molar-refractivity contribution in [1.82, 2.24) is 0 Å². The Bertz CT molecular complexity index is 367. The first-order chi connectivity index (χ1) is 6.74. The third kappa shape index (κ3) is 1.71. The van der Waals surface area contributed by atoms with Crippen LogP contribution in [0.3, 0.4) is 0 Å². The van der Waals surface area contributed by atoms with E-state index in [0.29, 0.717) is 11.7 Å². The topological polar surface area (TPSA) is 17.1 Å². The van der Waals surface area contributed by atoms with E-state index < -0.39 is 0 Å². The summed E-state index contributed by atoms with van der Waals surface area (Å²) in [6, 6.07) is 6.01. The van der Waals surface area contributed by atoms with Crippen LogP contribution in [0, 0.1) is 12.8 Å². The van der Waals surface area contributed by atoms with Gasteiger partial charge in [-0.3, -0.25) is 4.79 Å². The van der Waals surface area contributed by atoms with E-state index in [1.807, 2.05) is 25.3 Å². The number of hydrogen-bond acceptors (Lipinski definition) is 2. The highest BCUT2D eigenvalue weighted by atomic mass is 32.2. The maximum absolute atomic E-state index is 11.9. The highest BCUT2D eigenvalue weighted by Gasteiger charge is 2.31. The second-order valence-electron chi connectivity index (χ2n) is 3.77. The van der Waals surface area contributed by atoms with E-state index >= 15 is 0 Å². The molecule has 74 valence electrons. The molecule has 2 heteroatoms. The quantitative estimate of drug-likeness (QED) is 0.557. The summed E-state index contributed by atoms with van der Waals surface area (Å²) in [6.45, 7) is 2.04. The molecule has 1 aliphatic rings. The van der Waals surface area contributed by atoms with Crippen LogP contribution in [0.1, 0.15) is 28.8 Å². The number of carbonyl (C=O) groups excluding carboxylic acids is 1. The normalized spacial score (nSPS) is 15.6. The third-order valence-corrected chi connectivity index (χ3v) is 3.60. The Balaban J connectivity index is 2.36. The Hall–Kier alpha value is -0.760. The molecule has 0 heterocycles. The number of carbonyl (C=O) groups is 1. The molecule has 0 bridgehead atoms. The van der Waals surface area contributed by atoms with Gasteiger partial charge in [0, 0.05) is 16.4 Å². The molecular weight excluding hydrogens is 192 g/mol. The number of thioether (sulfide) groups is 1. The lowest BCUT2D eigenvalue weighted by Crippen LogP contribution is -2.04. The van der Waals surface area contributed by atoms with Crippen molar-refractivity contribution in [2.75, 3.05) is 6.26 Å². The van der Waals surface area contributed by atoms with Crippen LogP contribution in [0.25, 0.3) is 0 Å². The zero-order chi connectivity index (χ0) is 10.1. The molecule has 1 aliphatic carbocycles. The first-order valence-corrected chi connectivity index (χ1v) is 6.14. The van der Waals surface area contributed by atoms with Gasteiger partial charge in [-0.25, -0.2) is 0 Å². The molecule has 0 N–H and O–H groups in total. The zero-order valence-corrected chi connectivity index (χ0v) is 9.36. The average Bonchev–Trinajstić information content (AvgIpc) is 3.00. The number of ketones is 1. The van der Waals surface area contributed by atoms with Crippen LogP contribution in [-0.2, 0) is 0 Å². The molecule has 0 spiro atoms. The Morgan fingerprint density at radius 1 is 1.43 bits per heavy atom. The molecule has 0 radical (unpaired) electrons.